The van der Waals surface area contributed by atoms with Crippen LogP contribution in [0.4, 0.5) is 0 Å². The summed E-state index contributed by atoms with van der Waals surface area (Å²) in [4.78, 5) is 4.57. The van der Waals surface area contributed by atoms with Gasteiger partial charge in [-0.1, -0.05) is 39.5 Å². The summed E-state index contributed by atoms with van der Waals surface area (Å²) in [6, 6.07) is 4.05. The number of hydrogen-bond acceptors (Lipinski definition) is 2. The monoisotopic (exact) mass is 297 g/mol. The fraction of sp³-hybridized carbons (Fsp3) is 0.706. The van der Waals surface area contributed by atoms with E-state index in [1.54, 1.807) is 0 Å². The first kappa shape index (κ1) is 17.3. The average Bonchev–Trinajstić information content (AvgIpc) is 2.43. The lowest BCUT2D eigenvalue weighted by molar-refractivity contribution is 0.197. The van der Waals surface area contributed by atoms with Crippen molar-refractivity contribution in [3.8, 4) is 5.88 Å². The van der Waals surface area contributed by atoms with Gasteiger partial charge in [-0.05, 0) is 37.8 Å². The second-order valence-corrected chi connectivity index (χ2v) is 5.73. The van der Waals surface area contributed by atoms with Gasteiger partial charge < -0.3 is 4.74 Å². The smallest absolute Gasteiger partial charge is 0.214 e. The fourth-order valence-electron chi connectivity index (χ4n) is 2.27. The molecule has 0 bridgehead atoms. The Kier molecular flexibility index (Phi) is 8.68. The van der Waals surface area contributed by atoms with E-state index in [0.29, 0.717) is 5.88 Å². The molecule has 0 saturated carbocycles. The standard InChI is InChI=1S/C17H28ClNO/c1-4-6-7-8-10-14(3)20-17-12-15(13-18)11-16(19-17)9-5-2/h11-12,14H,4-10,13H2,1-3H3. The van der Waals surface area contributed by atoms with Gasteiger partial charge in [0, 0.05) is 17.6 Å². The number of pyridine rings is 1. The van der Waals surface area contributed by atoms with Gasteiger partial charge in [-0.15, -0.1) is 11.6 Å². The van der Waals surface area contributed by atoms with E-state index in [2.05, 4.69) is 31.8 Å². The van der Waals surface area contributed by atoms with Crippen LogP contribution in [0.1, 0.15) is 70.6 Å². The maximum atomic E-state index is 5.95. The van der Waals surface area contributed by atoms with Crippen molar-refractivity contribution in [2.45, 2.75) is 77.7 Å². The lowest BCUT2D eigenvalue weighted by Crippen LogP contribution is -2.13. The number of ether oxygens (including phenoxy) is 1. The van der Waals surface area contributed by atoms with Crippen LogP contribution in [0.2, 0.25) is 0 Å². The van der Waals surface area contributed by atoms with Gasteiger partial charge in [-0.25, -0.2) is 4.98 Å². The molecule has 0 fully saturated rings. The average molecular weight is 298 g/mol. The van der Waals surface area contributed by atoms with Crippen LogP contribution in [0.25, 0.3) is 0 Å². The predicted molar refractivity (Wildman–Crippen MR) is 86.6 cm³/mol. The van der Waals surface area contributed by atoms with Gasteiger partial charge in [0.25, 0.3) is 0 Å². The molecule has 1 aromatic heterocycles. The summed E-state index contributed by atoms with van der Waals surface area (Å²) in [6.45, 7) is 6.52. The van der Waals surface area contributed by atoms with E-state index in [0.717, 1.165) is 36.4 Å². The molecule has 0 N–H and O–H groups in total. The van der Waals surface area contributed by atoms with Crippen LogP contribution >= 0.6 is 11.6 Å². The lowest BCUT2D eigenvalue weighted by Gasteiger charge is -2.15. The molecule has 1 unspecified atom stereocenters. The van der Waals surface area contributed by atoms with Crippen molar-refractivity contribution in [2.24, 2.45) is 0 Å². The second kappa shape index (κ2) is 10.0. The highest BCUT2D eigenvalue weighted by atomic mass is 35.5. The minimum atomic E-state index is 0.222. The van der Waals surface area contributed by atoms with Crippen LogP contribution in [0.5, 0.6) is 5.88 Å². The van der Waals surface area contributed by atoms with E-state index in [9.17, 15) is 0 Å². The van der Waals surface area contributed by atoms with Crippen LogP contribution in [0.3, 0.4) is 0 Å². The van der Waals surface area contributed by atoms with Crippen molar-refractivity contribution >= 4 is 11.6 Å². The first-order valence-electron chi connectivity index (χ1n) is 7.92. The molecule has 0 aliphatic heterocycles. The van der Waals surface area contributed by atoms with Gasteiger partial charge in [0.05, 0.1) is 6.10 Å². The van der Waals surface area contributed by atoms with Crippen molar-refractivity contribution in [2.75, 3.05) is 0 Å². The summed E-state index contributed by atoms with van der Waals surface area (Å²) >= 11 is 5.94. The first-order chi connectivity index (χ1) is 9.69. The molecule has 3 heteroatoms. The zero-order valence-electron chi connectivity index (χ0n) is 13.1. The molecule has 0 spiro atoms. The Balaban J connectivity index is 2.54. The number of aryl methyl sites for hydroxylation is 1. The highest BCUT2D eigenvalue weighted by molar-refractivity contribution is 6.17. The largest absolute Gasteiger partial charge is 0.475 e. The molecule has 1 atom stereocenters. The van der Waals surface area contributed by atoms with Gasteiger partial charge in [0.2, 0.25) is 5.88 Å². The Labute approximate surface area is 128 Å². The van der Waals surface area contributed by atoms with Crippen LogP contribution in [0.15, 0.2) is 12.1 Å². The minimum Gasteiger partial charge on any atom is -0.475 e. The van der Waals surface area contributed by atoms with Gasteiger partial charge in [-0.2, -0.15) is 0 Å². The van der Waals surface area contributed by atoms with Gasteiger partial charge >= 0.3 is 0 Å². The predicted octanol–water partition coefficient (Wildman–Crippen LogP) is 5.51. The van der Waals surface area contributed by atoms with E-state index < -0.39 is 0 Å². The Morgan fingerprint density at radius 1 is 1.15 bits per heavy atom. The Morgan fingerprint density at radius 2 is 1.95 bits per heavy atom. The van der Waals surface area contributed by atoms with Crippen LogP contribution < -0.4 is 4.74 Å². The molecule has 0 aromatic carbocycles. The molecule has 1 heterocycles. The highest BCUT2D eigenvalue weighted by Gasteiger charge is 2.08. The van der Waals surface area contributed by atoms with Crippen molar-refractivity contribution in [3.63, 3.8) is 0 Å². The van der Waals surface area contributed by atoms with E-state index in [1.165, 1.54) is 25.7 Å². The SMILES string of the molecule is CCCCCCC(C)Oc1cc(CCl)cc(CCC)n1. The Hall–Kier alpha value is -0.760. The summed E-state index contributed by atoms with van der Waals surface area (Å²) in [6.07, 6.45) is 8.49. The molecule has 1 rings (SSSR count). The van der Waals surface area contributed by atoms with E-state index in [1.807, 2.05) is 6.07 Å². The molecular weight excluding hydrogens is 270 g/mol. The van der Waals surface area contributed by atoms with Crippen LogP contribution in [-0.4, -0.2) is 11.1 Å². The summed E-state index contributed by atoms with van der Waals surface area (Å²) in [5, 5.41) is 0. The number of nitrogens with zero attached hydrogens (tertiary/aromatic N) is 1. The number of aromatic nitrogens is 1. The van der Waals surface area contributed by atoms with Gasteiger partial charge in [0.1, 0.15) is 0 Å². The van der Waals surface area contributed by atoms with Gasteiger partial charge in [0.15, 0.2) is 0 Å². The molecule has 0 aliphatic carbocycles. The van der Waals surface area contributed by atoms with Crippen molar-refractivity contribution < 1.29 is 4.74 Å². The number of hydrogen-bond donors (Lipinski definition) is 0. The Bertz CT molecular complexity index is 381. The quantitative estimate of drug-likeness (QED) is 0.419. The maximum Gasteiger partial charge on any atom is 0.214 e. The molecular formula is C17H28ClNO. The normalized spacial score (nSPS) is 12.4. The summed E-state index contributed by atoms with van der Waals surface area (Å²) in [5.41, 5.74) is 2.18. The van der Waals surface area contributed by atoms with Crippen LogP contribution in [0, 0.1) is 0 Å². The molecule has 20 heavy (non-hydrogen) atoms. The zero-order chi connectivity index (χ0) is 14.8. The van der Waals surface area contributed by atoms with Crippen molar-refractivity contribution in [1.82, 2.24) is 4.98 Å². The summed E-state index contributed by atoms with van der Waals surface area (Å²) in [7, 11) is 0. The number of rotatable bonds is 10. The van der Waals surface area contributed by atoms with Crippen molar-refractivity contribution in [3.05, 3.63) is 23.4 Å². The highest BCUT2D eigenvalue weighted by Crippen LogP contribution is 2.18. The first-order valence-corrected chi connectivity index (χ1v) is 8.45. The minimum absolute atomic E-state index is 0.222. The van der Waals surface area contributed by atoms with Crippen molar-refractivity contribution in [1.29, 1.82) is 0 Å². The van der Waals surface area contributed by atoms with E-state index in [4.69, 9.17) is 16.3 Å². The molecule has 0 aliphatic rings. The van der Waals surface area contributed by atoms with Crippen LogP contribution in [-0.2, 0) is 12.3 Å². The second-order valence-electron chi connectivity index (χ2n) is 5.47. The van der Waals surface area contributed by atoms with E-state index in [-0.39, 0.29) is 6.10 Å². The Morgan fingerprint density at radius 3 is 2.60 bits per heavy atom. The third kappa shape index (κ3) is 6.60. The van der Waals surface area contributed by atoms with Gasteiger partial charge in [-0.3, -0.25) is 0 Å². The zero-order valence-corrected chi connectivity index (χ0v) is 13.9. The number of unbranched alkanes of at least 4 members (excludes halogenated alkanes) is 3. The topological polar surface area (TPSA) is 22.1 Å². The lowest BCUT2D eigenvalue weighted by atomic mass is 10.1. The summed E-state index contributed by atoms with van der Waals surface area (Å²) < 4.78 is 5.95. The van der Waals surface area contributed by atoms with E-state index >= 15 is 0 Å². The molecule has 0 saturated heterocycles. The third-order valence-electron chi connectivity index (χ3n) is 3.36. The maximum absolute atomic E-state index is 5.95. The fourth-order valence-corrected chi connectivity index (χ4v) is 2.42. The summed E-state index contributed by atoms with van der Waals surface area (Å²) in [5.74, 6) is 1.25. The number of halogens is 1. The molecule has 114 valence electrons. The molecule has 2 nitrogen and oxygen atoms in total. The number of alkyl halides is 1. The third-order valence-corrected chi connectivity index (χ3v) is 3.67. The molecule has 0 amide bonds. The molecule has 1 aromatic rings. The molecule has 0 radical (unpaired) electrons.